The fraction of sp³-hybridized carbons (Fsp3) is 0.455. The molecular weight excluding hydrogens is 195 g/mol. The lowest BCUT2D eigenvalue weighted by atomic mass is 10.2. The minimum Gasteiger partial charge on any atom is -0.489 e. The molecule has 1 aromatic rings. The third-order valence-electron chi connectivity index (χ3n) is 2.56. The van der Waals surface area contributed by atoms with Gasteiger partial charge in [0.1, 0.15) is 6.61 Å². The molecule has 15 heavy (non-hydrogen) atoms. The summed E-state index contributed by atoms with van der Waals surface area (Å²) in [5.74, 6) is -0.120. The second-order valence-corrected chi connectivity index (χ2v) is 3.79. The van der Waals surface area contributed by atoms with Crippen molar-refractivity contribution in [2.45, 2.75) is 18.9 Å². The number of nitrogens with one attached hydrogen (secondary N) is 1. The highest BCUT2D eigenvalue weighted by atomic mass is 19.1. The van der Waals surface area contributed by atoms with Crippen LogP contribution in [0.1, 0.15) is 12.8 Å². The van der Waals surface area contributed by atoms with Crippen molar-refractivity contribution in [3.63, 3.8) is 0 Å². The predicted molar refractivity (Wildman–Crippen MR) is 57.3 cm³/mol. The van der Waals surface area contributed by atoms with E-state index in [1.807, 2.05) is 0 Å². The van der Waals surface area contributed by atoms with Crippen LogP contribution in [0.2, 0.25) is 0 Å². The van der Waals surface area contributed by atoms with Crippen molar-refractivity contribution in [2.24, 2.45) is 0 Å². The van der Waals surface area contributed by atoms with Crippen LogP contribution in [0.4, 0.5) is 10.1 Å². The predicted octanol–water partition coefficient (Wildman–Crippen LogP) is 1.54. The summed E-state index contributed by atoms with van der Waals surface area (Å²) in [4.78, 5) is 0. The van der Waals surface area contributed by atoms with E-state index in [1.165, 1.54) is 6.07 Å². The van der Waals surface area contributed by atoms with Crippen molar-refractivity contribution in [1.82, 2.24) is 5.32 Å². The molecule has 0 amide bonds. The summed E-state index contributed by atoms with van der Waals surface area (Å²) >= 11 is 0. The second kappa shape index (κ2) is 4.49. The zero-order valence-corrected chi connectivity index (χ0v) is 8.50. The number of hydrogen-bond donors (Lipinski definition) is 2. The van der Waals surface area contributed by atoms with Crippen LogP contribution in [-0.4, -0.2) is 19.2 Å². The number of nitrogens with two attached hydrogens (primary N) is 1. The van der Waals surface area contributed by atoms with E-state index in [9.17, 15) is 4.39 Å². The van der Waals surface area contributed by atoms with Crippen LogP contribution < -0.4 is 15.8 Å². The Morgan fingerprint density at radius 1 is 1.53 bits per heavy atom. The van der Waals surface area contributed by atoms with Crippen molar-refractivity contribution < 1.29 is 9.13 Å². The van der Waals surface area contributed by atoms with E-state index < -0.39 is 5.82 Å². The first-order valence-corrected chi connectivity index (χ1v) is 5.17. The van der Waals surface area contributed by atoms with E-state index in [2.05, 4.69) is 5.32 Å². The van der Waals surface area contributed by atoms with Gasteiger partial charge in [-0.05, 0) is 31.5 Å². The zero-order valence-electron chi connectivity index (χ0n) is 8.50. The third-order valence-corrected chi connectivity index (χ3v) is 2.56. The summed E-state index contributed by atoms with van der Waals surface area (Å²) in [5, 5.41) is 3.29. The highest BCUT2D eigenvalue weighted by molar-refractivity contribution is 5.42. The number of hydrogen-bond acceptors (Lipinski definition) is 3. The van der Waals surface area contributed by atoms with E-state index in [0.29, 0.717) is 18.3 Å². The molecule has 1 atom stereocenters. The topological polar surface area (TPSA) is 47.3 Å². The third kappa shape index (κ3) is 2.59. The monoisotopic (exact) mass is 210 g/mol. The number of halogens is 1. The number of benzene rings is 1. The maximum absolute atomic E-state index is 13.3. The Balaban J connectivity index is 1.92. The van der Waals surface area contributed by atoms with Gasteiger partial charge in [-0.2, -0.15) is 0 Å². The van der Waals surface area contributed by atoms with E-state index >= 15 is 0 Å². The summed E-state index contributed by atoms with van der Waals surface area (Å²) in [6, 6.07) is 4.83. The van der Waals surface area contributed by atoms with Crippen LogP contribution in [0.3, 0.4) is 0 Å². The van der Waals surface area contributed by atoms with Gasteiger partial charge in [0, 0.05) is 17.8 Å². The second-order valence-electron chi connectivity index (χ2n) is 3.79. The average molecular weight is 210 g/mol. The van der Waals surface area contributed by atoms with Gasteiger partial charge in [-0.15, -0.1) is 0 Å². The largest absolute Gasteiger partial charge is 0.489 e. The number of rotatable bonds is 3. The number of anilines is 1. The van der Waals surface area contributed by atoms with Crippen molar-refractivity contribution in [3.8, 4) is 5.75 Å². The molecule has 4 heteroatoms. The first kappa shape index (κ1) is 10.2. The lowest BCUT2D eigenvalue weighted by molar-refractivity contribution is 0.265. The van der Waals surface area contributed by atoms with Crippen LogP contribution in [0, 0.1) is 5.82 Å². The molecule has 2 rings (SSSR count). The quantitative estimate of drug-likeness (QED) is 0.744. The van der Waals surface area contributed by atoms with Crippen LogP contribution in [0.5, 0.6) is 5.75 Å². The maximum Gasteiger partial charge on any atom is 0.167 e. The Kier molecular flexibility index (Phi) is 3.06. The smallest absolute Gasteiger partial charge is 0.167 e. The van der Waals surface area contributed by atoms with Gasteiger partial charge in [-0.1, -0.05) is 0 Å². The lowest BCUT2D eigenvalue weighted by Crippen LogP contribution is -2.28. The number of nitrogen functional groups attached to an aromatic ring is 1. The number of ether oxygens (including phenoxy) is 1. The molecule has 1 aliphatic rings. The molecule has 0 saturated carbocycles. The zero-order chi connectivity index (χ0) is 10.7. The Bertz CT molecular complexity index is 337. The van der Waals surface area contributed by atoms with Crippen molar-refractivity contribution >= 4 is 5.69 Å². The van der Waals surface area contributed by atoms with Crippen molar-refractivity contribution in [2.75, 3.05) is 18.9 Å². The Hall–Kier alpha value is -1.29. The molecular formula is C11H15FN2O. The van der Waals surface area contributed by atoms with E-state index in [0.717, 1.165) is 19.4 Å². The molecule has 0 aliphatic carbocycles. The van der Waals surface area contributed by atoms with Gasteiger partial charge in [-0.25, -0.2) is 4.39 Å². The normalized spacial score (nSPS) is 20.5. The van der Waals surface area contributed by atoms with Gasteiger partial charge < -0.3 is 15.8 Å². The fourth-order valence-corrected chi connectivity index (χ4v) is 1.72. The average Bonchev–Trinajstić information content (AvgIpc) is 2.69. The minimum absolute atomic E-state index is 0.276. The fourth-order valence-electron chi connectivity index (χ4n) is 1.72. The van der Waals surface area contributed by atoms with Crippen LogP contribution in [0.25, 0.3) is 0 Å². The Morgan fingerprint density at radius 2 is 2.40 bits per heavy atom. The van der Waals surface area contributed by atoms with E-state index in [1.54, 1.807) is 12.1 Å². The molecule has 3 nitrogen and oxygen atoms in total. The molecule has 0 spiro atoms. The molecule has 1 heterocycles. The summed E-state index contributed by atoms with van der Waals surface area (Å²) in [6.07, 6.45) is 2.26. The van der Waals surface area contributed by atoms with E-state index in [4.69, 9.17) is 10.5 Å². The maximum atomic E-state index is 13.3. The van der Waals surface area contributed by atoms with Crippen LogP contribution >= 0.6 is 0 Å². The van der Waals surface area contributed by atoms with Crippen LogP contribution in [0.15, 0.2) is 18.2 Å². The molecule has 1 aliphatic heterocycles. The molecule has 1 fully saturated rings. The highest BCUT2D eigenvalue weighted by Gasteiger charge is 2.15. The van der Waals surface area contributed by atoms with Gasteiger partial charge in [0.05, 0.1) is 0 Å². The Labute approximate surface area is 88.4 Å². The molecule has 0 bridgehead atoms. The molecule has 1 unspecified atom stereocenters. The Morgan fingerprint density at radius 3 is 3.07 bits per heavy atom. The van der Waals surface area contributed by atoms with Crippen LogP contribution in [-0.2, 0) is 0 Å². The van der Waals surface area contributed by atoms with E-state index in [-0.39, 0.29) is 5.75 Å². The standard InChI is InChI=1S/C11H15FN2O/c12-10-6-8(13)3-4-11(10)15-7-9-2-1-5-14-9/h3-4,6,9,14H,1-2,5,7,13H2. The molecule has 82 valence electrons. The minimum atomic E-state index is -0.395. The van der Waals surface area contributed by atoms with Gasteiger partial charge in [0.15, 0.2) is 11.6 Å². The molecule has 0 aromatic heterocycles. The summed E-state index contributed by atoms with van der Waals surface area (Å²) in [6.45, 7) is 1.54. The van der Waals surface area contributed by atoms with Gasteiger partial charge in [0.2, 0.25) is 0 Å². The first-order chi connectivity index (χ1) is 7.25. The lowest BCUT2D eigenvalue weighted by Gasteiger charge is -2.12. The first-order valence-electron chi connectivity index (χ1n) is 5.17. The molecule has 1 saturated heterocycles. The summed E-state index contributed by atoms with van der Waals surface area (Å²) in [7, 11) is 0. The van der Waals surface area contributed by atoms with Gasteiger partial charge in [0.25, 0.3) is 0 Å². The summed E-state index contributed by atoms with van der Waals surface area (Å²) in [5.41, 5.74) is 5.85. The van der Waals surface area contributed by atoms with Crippen molar-refractivity contribution in [3.05, 3.63) is 24.0 Å². The SMILES string of the molecule is Nc1ccc(OCC2CCCN2)c(F)c1. The molecule has 0 radical (unpaired) electrons. The molecule has 3 N–H and O–H groups in total. The van der Waals surface area contributed by atoms with Gasteiger partial charge in [-0.3, -0.25) is 0 Å². The van der Waals surface area contributed by atoms with Gasteiger partial charge >= 0.3 is 0 Å². The highest BCUT2D eigenvalue weighted by Crippen LogP contribution is 2.20. The molecule has 1 aromatic carbocycles. The van der Waals surface area contributed by atoms with Crippen molar-refractivity contribution in [1.29, 1.82) is 0 Å². The summed E-state index contributed by atoms with van der Waals surface area (Å²) < 4.78 is 18.7.